The average Bonchev–Trinajstić information content (AvgIpc) is 2.56. The standard InChI is InChI=1S/C21H39NO2/c1-5-6-11-17(4)20(23)15-10-14-19(16(2)3)21(24)22-18-12-8-7-9-13-18/h16-19H,5-15H2,1-4H3,(H,22,24)/t17-,19-/m0/s1. The Balaban J connectivity index is 2.36. The molecule has 0 aliphatic heterocycles. The Hall–Kier alpha value is -0.860. The number of rotatable bonds is 11. The van der Waals surface area contributed by atoms with Crippen LogP contribution in [-0.2, 0) is 9.59 Å². The first-order chi connectivity index (χ1) is 11.5. The molecule has 1 N–H and O–H groups in total. The number of nitrogens with one attached hydrogen (secondary N) is 1. The number of hydrogen-bond donors (Lipinski definition) is 1. The fourth-order valence-electron chi connectivity index (χ4n) is 3.74. The molecule has 1 saturated carbocycles. The molecule has 0 aromatic heterocycles. The molecule has 0 heterocycles. The first-order valence-corrected chi connectivity index (χ1v) is 10.3. The van der Waals surface area contributed by atoms with Gasteiger partial charge in [0.25, 0.3) is 0 Å². The maximum absolute atomic E-state index is 12.6. The van der Waals surface area contributed by atoms with Gasteiger partial charge in [-0.1, -0.05) is 59.8 Å². The Labute approximate surface area is 149 Å². The van der Waals surface area contributed by atoms with Crippen molar-refractivity contribution in [2.24, 2.45) is 17.8 Å². The summed E-state index contributed by atoms with van der Waals surface area (Å²) >= 11 is 0. The van der Waals surface area contributed by atoms with Gasteiger partial charge in [0, 0.05) is 24.3 Å². The van der Waals surface area contributed by atoms with Gasteiger partial charge in [0.1, 0.15) is 5.78 Å². The van der Waals surface area contributed by atoms with E-state index in [1.54, 1.807) is 0 Å². The van der Waals surface area contributed by atoms with Crippen molar-refractivity contribution in [2.45, 2.75) is 104 Å². The highest BCUT2D eigenvalue weighted by atomic mass is 16.2. The third-order valence-electron chi connectivity index (χ3n) is 5.57. The smallest absolute Gasteiger partial charge is 0.223 e. The molecule has 3 nitrogen and oxygen atoms in total. The molecule has 1 fully saturated rings. The van der Waals surface area contributed by atoms with E-state index >= 15 is 0 Å². The predicted molar refractivity (Wildman–Crippen MR) is 101 cm³/mol. The number of ketones is 1. The van der Waals surface area contributed by atoms with Gasteiger partial charge in [0.05, 0.1) is 0 Å². The van der Waals surface area contributed by atoms with Crippen LogP contribution >= 0.6 is 0 Å². The molecule has 0 aromatic carbocycles. The molecule has 1 aliphatic rings. The van der Waals surface area contributed by atoms with Crippen LogP contribution in [0.1, 0.15) is 98.3 Å². The Morgan fingerprint density at radius 2 is 1.67 bits per heavy atom. The summed E-state index contributed by atoms with van der Waals surface area (Å²) < 4.78 is 0. The van der Waals surface area contributed by atoms with Crippen LogP contribution in [0.15, 0.2) is 0 Å². The summed E-state index contributed by atoms with van der Waals surface area (Å²) in [7, 11) is 0. The number of Topliss-reactive ketones (excluding diaryl/α,β-unsaturated/α-hetero) is 1. The van der Waals surface area contributed by atoms with Crippen LogP contribution in [-0.4, -0.2) is 17.7 Å². The molecule has 0 spiro atoms. The molecular weight excluding hydrogens is 298 g/mol. The molecular formula is C21H39NO2. The number of carbonyl (C=O) groups excluding carboxylic acids is 2. The molecule has 1 aliphatic carbocycles. The predicted octanol–water partition coefficient (Wildman–Crippen LogP) is 5.27. The SMILES string of the molecule is CCCC[C@H](C)C(=O)CCC[C@H](C(=O)NC1CCCCC1)C(C)C. The number of unbranched alkanes of at least 4 members (excludes halogenated alkanes) is 1. The van der Waals surface area contributed by atoms with Crippen molar-refractivity contribution >= 4 is 11.7 Å². The molecule has 0 unspecified atom stereocenters. The summed E-state index contributed by atoms with van der Waals surface area (Å²) in [4.78, 5) is 24.8. The third kappa shape index (κ3) is 7.81. The Morgan fingerprint density at radius 1 is 1.00 bits per heavy atom. The van der Waals surface area contributed by atoms with Crippen molar-refractivity contribution in [3.05, 3.63) is 0 Å². The van der Waals surface area contributed by atoms with Crippen molar-refractivity contribution < 1.29 is 9.59 Å². The van der Waals surface area contributed by atoms with E-state index in [2.05, 4.69) is 26.1 Å². The van der Waals surface area contributed by atoms with Crippen LogP contribution in [0.25, 0.3) is 0 Å². The maximum Gasteiger partial charge on any atom is 0.223 e. The first-order valence-electron chi connectivity index (χ1n) is 10.3. The highest BCUT2D eigenvalue weighted by Crippen LogP contribution is 2.23. The zero-order valence-corrected chi connectivity index (χ0v) is 16.4. The lowest BCUT2D eigenvalue weighted by molar-refractivity contribution is -0.128. The number of hydrogen-bond acceptors (Lipinski definition) is 2. The molecule has 0 bridgehead atoms. The Morgan fingerprint density at radius 3 is 2.25 bits per heavy atom. The van der Waals surface area contributed by atoms with Gasteiger partial charge in [-0.2, -0.15) is 0 Å². The fourth-order valence-corrected chi connectivity index (χ4v) is 3.74. The third-order valence-corrected chi connectivity index (χ3v) is 5.57. The Bertz CT molecular complexity index is 372. The summed E-state index contributed by atoms with van der Waals surface area (Å²) in [5.74, 6) is 1.15. The second-order valence-electron chi connectivity index (χ2n) is 8.10. The van der Waals surface area contributed by atoms with E-state index in [4.69, 9.17) is 0 Å². The van der Waals surface area contributed by atoms with E-state index in [0.29, 0.717) is 24.2 Å². The topological polar surface area (TPSA) is 46.2 Å². The maximum atomic E-state index is 12.6. The zero-order chi connectivity index (χ0) is 17.9. The van der Waals surface area contributed by atoms with Gasteiger partial charge in [-0.15, -0.1) is 0 Å². The van der Waals surface area contributed by atoms with Crippen molar-refractivity contribution in [1.82, 2.24) is 5.32 Å². The van der Waals surface area contributed by atoms with E-state index in [1.807, 2.05) is 6.92 Å². The van der Waals surface area contributed by atoms with E-state index in [1.165, 1.54) is 19.3 Å². The molecule has 2 atom stereocenters. The van der Waals surface area contributed by atoms with Gasteiger partial charge >= 0.3 is 0 Å². The summed E-state index contributed by atoms with van der Waals surface area (Å²) in [5.41, 5.74) is 0. The van der Waals surface area contributed by atoms with Crippen LogP contribution in [0.5, 0.6) is 0 Å². The van der Waals surface area contributed by atoms with E-state index in [-0.39, 0.29) is 17.7 Å². The minimum atomic E-state index is 0.0469. The molecule has 0 saturated heterocycles. The first kappa shape index (κ1) is 21.2. The van der Waals surface area contributed by atoms with E-state index in [9.17, 15) is 9.59 Å². The van der Waals surface area contributed by atoms with Gasteiger partial charge in [-0.05, 0) is 38.0 Å². The van der Waals surface area contributed by atoms with Gasteiger partial charge in [-0.3, -0.25) is 9.59 Å². The minimum absolute atomic E-state index is 0.0469. The van der Waals surface area contributed by atoms with Crippen LogP contribution in [0, 0.1) is 17.8 Å². The summed E-state index contributed by atoms with van der Waals surface area (Å²) in [6.45, 7) is 8.46. The molecule has 0 radical (unpaired) electrons. The lowest BCUT2D eigenvalue weighted by Crippen LogP contribution is -2.41. The monoisotopic (exact) mass is 337 g/mol. The minimum Gasteiger partial charge on any atom is -0.353 e. The van der Waals surface area contributed by atoms with Gasteiger partial charge in [0.15, 0.2) is 0 Å². The second kappa shape index (κ2) is 11.7. The van der Waals surface area contributed by atoms with Crippen LogP contribution in [0.4, 0.5) is 0 Å². The molecule has 1 amide bonds. The number of amides is 1. The average molecular weight is 338 g/mol. The van der Waals surface area contributed by atoms with Crippen molar-refractivity contribution in [2.75, 3.05) is 0 Å². The van der Waals surface area contributed by atoms with E-state index < -0.39 is 0 Å². The van der Waals surface area contributed by atoms with Crippen molar-refractivity contribution in [3.8, 4) is 0 Å². The summed E-state index contributed by atoms with van der Waals surface area (Å²) in [6, 6.07) is 0.378. The molecule has 0 aromatic rings. The molecule has 140 valence electrons. The summed E-state index contributed by atoms with van der Waals surface area (Å²) in [6.07, 6.45) is 11.6. The van der Waals surface area contributed by atoms with Crippen LogP contribution in [0.3, 0.4) is 0 Å². The van der Waals surface area contributed by atoms with E-state index in [0.717, 1.165) is 44.9 Å². The lowest BCUT2D eigenvalue weighted by atomic mass is 9.87. The van der Waals surface area contributed by atoms with Gasteiger partial charge < -0.3 is 5.32 Å². The normalized spacial score (nSPS) is 18.4. The number of carbonyl (C=O) groups is 2. The fraction of sp³-hybridized carbons (Fsp3) is 0.905. The molecule has 24 heavy (non-hydrogen) atoms. The van der Waals surface area contributed by atoms with Crippen molar-refractivity contribution in [1.29, 1.82) is 0 Å². The van der Waals surface area contributed by atoms with Gasteiger partial charge in [0.2, 0.25) is 5.91 Å². The highest BCUT2D eigenvalue weighted by molar-refractivity contribution is 5.81. The lowest BCUT2D eigenvalue weighted by Gasteiger charge is -2.27. The van der Waals surface area contributed by atoms with Crippen LogP contribution in [0.2, 0.25) is 0 Å². The molecule has 1 rings (SSSR count). The largest absolute Gasteiger partial charge is 0.353 e. The molecule has 3 heteroatoms. The second-order valence-corrected chi connectivity index (χ2v) is 8.10. The van der Waals surface area contributed by atoms with Crippen LogP contribution < -0.4 is 5.32 Å². The highest BCUT2D eigenvalue weighted by Gasteiger charge is 2.25. The van der Waals surface area contributed by atoms with Gasteiger partial charge in [-0.25, -0.2) is 0 Å². The Kier molecular flexibility index (Phi) is 10.3. The van der Waals surface area contributed by atoms with Crippen molar-refractivity contribution in [3.63, 3.8) is 0 Å². The zero-order valence-electron chi connectivity index (χ0n) is 16.4. The quantitative estimate of drug-likeness (QED) is 0.558. The summed E-state index contributed by atoms with van der Waals surface area (Å²) in [5, 5.41) is 3.27.